The van der Waals surface area contributed by atoms with Gasteiger partial charge in [0.1, 0.15) is 17.4 Å². The number of aromatic amines is 2. The molecule has 5 N–H and O–H groups in total. The van der Waals surface area contributed by atoms with E-state index in [-0.39, 0.29) is 30.0 Å². The van der Waals surface area contributed by atoms with Gasteiger partial charge in [0.15, 0.2) is 5.65 Å². The van der Waals surface area contributed by atoms with Gasteiger partial charge in [0.25, 0.3) is 5.56 Å². The third-order valence-corrected chi connectivity index (χ3v) is 2.84. The van der Waals surface area contributed by atoms with Crippen molar-refractivity contribution in [3.05, 3.63) is 26.7 Å². The fraction of sp³-hybridized carbons (Fsp3) is 0.500. The molecule has 0 radical (unpaired) electrons. The number of nitrogens with zero attached hydrogens (tertiary/aromatic N) is 2. The standard InChI is InChI=1S/C10H14N4O5/c1-14-8-5(9(18)13-10(14)19)11-7(12-8)6(17)4(16)2-3-15/h4,6,15-17H,2-3H2,1H3,(H,11,12)(H,13,18,19). The Morgan fingerprint density at radius 3 is 2.63 bits per heavy atom. The van der Waals surface area contributed by atoms with Crippen LogP contribution in [0.2, 0.25) is 0 Å². The first-order valence-corrected chi connectivity index (χ1v) is 5.61. The van der Waals surface area contributed by atoms with Crippen LogP contribution in [0.5, 0.6) is 0 Å². The number of aromatic nitrogens is 4. The van der Waals surface area contributed by atoms with Crippen LogP contribution in [0.15, 0.2) is 9.59 Å². The van der Waals surface area contributed by atoms with Crippen molar-refractivity contribution in [1.82, 2.24) is 19.5 Å². The largest absolute Gasteiger partial charge is 0.396 e. The van der Waals surface area contributed by atoms with Gasteiger partial charge in [-0.05, 0) is 6.42 Å². The minimum Gasteiger partial charge on any atom is -0.396 e. The van der Waals surface area contributed by atoms with Crippen LogP contribution >= 0.6 is 0 Å². The summed E-state index contributed by atoms with van der Waals surface area (Å²) >= 11 is 0. The summed E-state index contributed by atoms with van der Waals surface area (Å²) in [6, 6.07) is 0. The predicted molar refractivity (Wildman–Crippen MR) is 64.6 cm³/mol. The summed E-state index contributed by atoms with van der Waals surface area (Å²) in [5.74, 6) is -0.0392. The van der Waals surface area contributed by atoms with E-state index in [0.29, 0.717) is 0 Å². The Labute approximate surface area is 106 Å². The van der Waals surface area contributed by atoms with Crippen LogP contribution in [0.3, 0.4) is 0 Å². The van der Waals surface area contributed by atoms with Crippen molar-refractivity contribution in [2.75, 3.05) is 6.61 Å². The van der Waals surface area contributed by atoms with Gasteiger partial charge in [-0.2, -0.15) is 0 Å². The maximum Gasteiger partial charge on any atom is 0.329 e. The highest BCUT2D eigenvalue weighted by Gasteiger charge is 2.22. The Morgan fingerprint density at radius 1 is 1.32 bits per heavy atom. The van der Waals surface area contributed by atoms with E-state index in [0.717, 1.165) is 4.57 Å². The number of aliphatic hydroxyl groups is 3. The van der Waals surface area contributed by atoms with Crippen LogP contribution in [0.25, 0.3) is 11.2 Å². The van der Waals surface area contributed by atoms with Crippen LogP contribution in [0.4, 0.5) is 0 Å². The molecule has 19 heavy (non-hydrogen) atoms. The van der Waals surface area contributed by atoms with Crippen molar-refractivity contribution in [2.24, 2.45) is 7.05 Å². The van der Waals surface area contributed by atoms with E-state index in [4.69, 9.17) is 5.11 Å². The summed E-state index contributed by atoms with van der Waals surface area (Å²) in [7, 11) is 1.42. The number of rotatable bonds is 4. The Bertz CT molecular complexity index is 700. The lowest BCUT2D eigenvalue weighted by atomic mass is 10.1. The van der Waals surface area contributed by atoms with Gasteiger partial charge < -0.3 is 20.3 Å². The molecular weight excluding hydrogens is 256 g/mol. The first kappa shape index (κ1) is 13.5. The number of hydrogen-bond acceptors (Lipinski definition) is 6. The van der Waals surface area contributed by atoms with Crippen molar-refractivity contribution in [1.29, 1.82) is 0 Å². The minimum absolute atomic E-state index is 0.0342. The van der Waals surface area contributed by atoms with E-state index >= 15 is 0 Å². The van der Waals surface area contributed by atoms with Crippen molar-refractivity contribution in [3.8, 4) is 0 Å². The zero-order valence-corrected chi connectivity index (χ0v) is 10.1. The molecule has 0 bridgehead atoms. The topological polar surface area (TPSA) is 144 Å². The monoisotopic (exact) mass is 270 g/mol. The van der Waals surface area contributed by atoms with Gasteiger partial charge in [0, 0.05) is 13.7 Å². The number of aliphatic hydroxyl groups excluding tert-OH is 3. The molecule has 0 aliphatic heterocycles. The molecule has 9 heteroatoms. The average molecular weight is 270 g/mol. The van der Waals surface area contributed by atoms with Crippen LogP contribution in [0.1, 0.15) is 18.3 Å². The summed E-state index contributed by atoms with van der Waals surface area (Å²) in [5, 5.41) is 28.1. The van der Waals surface area contributed by atoms with E-state index in [2.05, 4.69) is 15.0 Å². The Balaban J connectivity index is 2.53. The van der Waals surface area contributed by atoms with Crippen LogP contribution < -0.4 is 11.2 Å². The second-order valence-corrected chi connectivity index (χ2v) is 4.16. The number of imidazole rings is 1. The average Bonchev–Trinajstić information content (AvgIpc) is 2.81. The molecule has 0 aliphatic rings. The molecule has 2 rings (SSSR count). The number of nitrogens with one attached hydrogen (secondary N) is 2. The maximum absolute atomic E-state index is 11.6. The molecule has 0 fully saturated rings. The third-order valence-electron chi connectivity index (χ3n) is 2.84. The number of H-pyrrole nitrogens is 2. The molecule has 2 heterocycles. The summed E-state index contributed by atoms with van der Waals surface area (Å²) in [4.78, 5) is 31.5. The second-order valence-electron chi connectivity index (χ2n) is 4.16. The van der Waals surface area contributed by atoms with E-state index in [9.17, 15) is 19.8 Å². The quantitative estimate of drug-likeness (QED) is 0.423. The first-order valence-electron chi connectivity index (χ1n) is 5.61. The number of aryl methyl sites for hydroxylation is 1. The molecular formula is C10H14N4O5. The van der Waals surface area contributed by atoms with Crippen LogP contribution in [-0.2, 0) is 7.05 Å². The predicted octanol–water partition coefficient (Wildman–Crippen LogP) is -2.27. The van der Waals surface area contributed by atoms with Crippen LogP contribution in [0, 0.1) is 0 Å². The van der Waals surface area contributed by atoms with Crippen molar-refractivity contribution in [3.63, 3.8) is 0 Å². The van der Waals surface area contributed by atoms with Gasteiger partial charge in [-0.3, -0.25) is 14.3 Å². The Kier molecular flexibility index (Phi) is 3.51. The summed E-state index contributed by atoms with van der Waals surface area (Å²) in [6.45, 7) is -0.294. The summed E-state index contributed by atoms with van der Waals surface area (Å²) < 4.78 is 1.11. The van der Waals surface area contributed by atoms with Gasteiger partial charge in [0.05, 0.1) is 6.10 Å². The molecule has 2 atom stereocenters. The molecule has 0 aromatic carbocycles. The third kappa shape index (κ3) is 2.30. The van der Waals surface area contributed by atoms with Crippen molar-refractivity contribution >= 4 is 11.2 Å². The molecule has 2 unspecified atom stereocenters. The van der Waals surface area contributed by atoms with Crippen molar-refractivity contribution in [2.45, 2.75) is 18.6 Å². The summed E-state index contributed by atoms with van der Waals surface area (Å²) in [6.07, 6.45) is -2.64. The molecule has 2 aromatic rings. The van der Waals surface area contributed by atoms with Gasteiger partial charge >= 0.3 is 5.69 Å². The lowest BCUT2D eigenvalue weighted by Gasteiger charge is -2.13. The Morgan fingerprint density at radius 2 is 2.00 bits per heavy atom. The van der Waals surface area contributed by atoms with Gasteiger partial charge in [-0.15, -0.1) is 0 Å². The highest BCUT2D eigenvalue weighted by Crippen LogP contribution is 2.17. The zero-order chi connectivity index (χ0) is 14.2. The van der Waals surface area contributed by atoms with Gasteiger partial charge in [0.2, 0.25) is 0 Å². The second kappa shape index (κ2) is 4.96. The first-order chi connectivity index (χ1) is 8.95. The SMILES string of the molecule is Cn1c(=O)[nH]c(=O)c2[nH]c(C(O)C(O)CCO)nc21. The molecule has 0 amide bonds. The maximum atomic E-state index is 11.6. The highest BCUT2D eigenvalue weighted by atomic mass is 16.3. The molecule has 0 saturated carbocycles. The smallest absolute Gasteiger partial charge is 0.329 e. The Hall–Kier alpha value is -1.97. The van der Waals surface area contributed by atoms with E-state index in [1.54, 1.807) is 0 Å². The molecule has 0 spiro atoms. The molecule has 0 aliphatic carbocycles. The fourth-order valence-electron chi connectivity index (χ4n) is 1.74. The van der Waals surface area contributed by atoms with E-state index in [1.807, 2.05) is 0 Å². The number of hydrogen-bond donors (Lipinski definition) is 5. The van der Waals surface area contributed by atoms with E-state index in [1.165, 1.54) is 7.05 Å². The minimum atomic E-state index is -1.38. The number of fused-ring (bicyclic) bond motifs is 1. The lowest BCUT2D eigenvalue weighted by Crippen LogP contribution is -2.28. The zero-order valence-electron chi connectivity index (χ0n) is 10.1. The van der Waals surface area contributed by atoms with Crippen LogP contribution in [-0.4, -0.2) is 47.5 Å². The van der Waals surface area contributed by atoms with Gasteiger partial charge in [-0.25, -0.2) is 9.78 Å². The van der Waals surface area contributed by atoms with Gasteiger partial charge in [-0.1, -0.05) is 0 Å². The fourth-order valence-corrected chi connectivity index (χ4v) is 1.74. The highest BCUT2D eigenvalue weighted by molar-refractivity contribution is 5.69. The molecule has 0 saturated heterocycles. The molecule has 2 aromatic heterocycles. The molecule has 104 valence electrons. The normalized spacial score (nSPS) is 14.7. The molecule has 9 nitrogen and oxygen atoms in total. The lowest BCUT2D eigenvalue weighted by molar-refractivity contribution is 0.00000231. The van der Waals surface area contributed by atoms with E-state index < -0.39 is 23.5 Å². The van der Waals surface area contributed by atoms with Crippen molar-refractivity contribution < 1.29 is 15.3 Å². The summed E-state index contributed by atoms with van der Waals surface area (Å²) in [5.41, 5.74) is -1.16.